The molecule has 0 aromatic heterocycles. The van der Waals surface area contributed by atoms with Crippen molar-refractivity contribution in [1.29, 1.82) is 5.26 Å². The van der Waals surface area contributed by atoms with E-state index in [1.807, 2.05) is 6.07 Å². The van der Waals surface area contributed by atoms with Gasteiger partial charge in [0.25, 0.3) is 5.69 Å². The van der Waals surface area contributed by atoms with E-state index in [-0.39, 0.29) is 16.9 Å². The van der Waals surface area contributed by atoms with E-state index < -0.39 is 4.92 Å². The van der Waals surface area contributed by atoms with Gasteiger partial charge in [-0.15, -0.1) is 0 Å². The highest BCUT2D eigenvalue weighted by molar-refractivity contribution is 5.50. The summed E-state index contributed by atoms with van der Waals surface area (Å²) in [5, 5.41) is 20.1. The Morgan fingerprint density at radius 3 is 2.27 bits per heavy atom. The van der Waals surface area contributed by atoms with E-state index in [0.717, 1.165) is 37.0 Å². The van der Waals surface area contributed by atoms with E-state index in [0.29, 0.717) is 5.75 Å². The van der Waals surface area contributed by atoms with Gasteiger partial charge in [-0.25, -0.2) is 0 Å². The molecule has 0 heterocycles. The number of hydrogen-bond acceptors (Lipinski definition) is 4. The predicted molar refractivity (Wildman–Crippen MR) is 79.3 cm³/mol. The summed E-state index contributed by atoms with van der Waals surface area (Å²) in [6.45, 7) is 0. The van der Waals surface area contributed by atoms with Gasteiger partial charge in [-0.3, -0.25) is 10.1 Å². The Morgan fingerprint density at radius 2 is 1.77 bits per heavy atom. The molecule has 4 bridgehead atoms. The minimum atomic E-state index is -0.477. The summed E-state index contributed by atoms with van der Waals surface area (Å²) < 4.78 is 6.33. The van der Waals surface area contributed by atoms with Crippen molar-refractivity contribution >= 4 is 5.69 Å². The lowest BCUT2D eigenvalue weighted by Crippen LogP contribution is -2.53. The first-order valence-electron chi connectivity index (χ1n) is 7.94. The van der Waals surface area contributed by atoms with E-state index in [1.54, 1.807) is 6.07 Å². The summed E-state index contributed by atoms with van der Waals surface area (Å²) in [4.78, 5) is 10.4. The maximum atomic E-state index is 10.8. The molecule has 5 nitrogen and oxygen atoms in total. The molecular formula is C17H18N2O3. The summed E-state index contributed by atoms with van der Waals surface area (Å²) in [5.74, 6) is 2.79. The molecule has 0 spiro atoms. The SMILES string of the molecule is N#Cc1cc([N+](=O)[O-])ccc1OC12CC3CC(CC(C3)C1)C2. The van der Waals surface area contributed by atoms with Crippen LogP contribution in [0.2, 0.25) is 0 Å². The lowest BCUT2D eigenvalue weighted by molar-refractivity contribution is -0.384. The maximum absolute atomic E-state index is 10.8. The number of ether oxygens (including phenoxy) is 1. The van der Waals surface area contributed by atoms with Gasteiger partial charge in [0, 0.05) is 12.1 Å². The average molecular weight is 298 g/mol. The van der Waals surface area contributed by atoms with Crippen molar-refractivity contribution in [3.63, 3.8) is 0 Å². The van der Waals surface area contributed by atoms with E-state index in [4.69, 9.17) is 4.74 Å². The van der Waals surface area contributed by atoms with Crippen LogP contribution in [-0.2, 0) is 0 Å². The van der Waals surface area contributed by atoms with Crippen molar-refractivity contribution < 1.29 is 9.66 Å². The standard InChI is InChI=1S/C17H18N2O3/c18-10-14-6-15(19(20)21)1-2-16(14)22-17-7-11-3-12(8-17)5-13(4-11)9-17/h1-2,6,11-13H,3-5,7-9H2. The van der Waals surface area contributed by atoms with Crippen LogP contribution in [0.4, 0.5) is 5.69 Å². The first-order valence-corrected chi connectivity index (χ1v) is 7.94. The summed E-state index contributed by atoms with van der Waals surface area (Å²) in [6, 6.07) is 6.38. The molecule has 114 valence electrons. The Bertz CT molecular complexity index is 642. The van der Waals surface area contributed by atoms with Crippen LogP contribution in [0.15, 0.2) is 18.2 Å². The third-order valence-electron chi connectivity index (χ3n) is 5.60. The summed E-state index contributed by atoms with van der Waals surface area (Å²) in [5.41, 5.74) is 0.0654. The second-order valence-electron chi connectivity index (χ2n) is 7.25. The van der Waals surface area contributed by atoms with Crippen LogP contribution >= 0.6 is 0 Å². The minimum absolute atomic E-state index is 0.0607. The number of non-ortho nitro benzene ring substituents is 1. The zero-order valence-electron chi connectivity index (χ0n) is 12.3. The fourth-order valence-electron chi connectivity index (χ4n) is 5.20. The Morgan fingerprint density at radius 1 is 1.18 bits per heavy atom. The van der Waals surface area contributed by atoms with Crippen LogP contribution in [-0.4, -0.2) is 10.5 Å². The van der Waals surface area contributed by atoms with Gasteiger partial charge in [0.2, 0.25) is 0 Å². The predicted octanol–water partition coefficient (Wildman–Crippen LogP) is 3.81. The zero-order chi connectivity index (χ0) is 15.3. The Hall–Kier alpha value is -2.09. The molecule has 4 aliphatic carbocycles. The van der Waals surface area contributed by atoms with E-state index in [1.165, 1.54) is 31.4 Å². The number of nitriles is 1. The molecule has 1 aromatic carbocycles. The van der Waals surface area contributed by atoms with Gasteiger partial charge in [-0.2, -0.15) is 5.26 Å². The molecule has 1 aromatic rings. The lowest BCUT2D eigenvalue weighted by atomic mass is 9.54. The number of rotatable bonds is 3. The van der Waals surface area contributed by atoms with Crippen molar-refractivity contribution in [2.24, 2.45) is 17.8 Å². The minimum Gasteiger partial charge on any atom is -0.486 e. The summed E-state index contributed by atoms with van der Waals surface area (Å²) in [7, 11) is 0. The monoisotopic (exact) mass is 298 g/mol. The molecule has 0 amide bonds. The van der Waals surface area contributed by atoms with Gasteiger partial charge in [-0.1, -0.05) is 0 Å². The molecule has 4 aliphatic rings. The first-order chi connectivity index (χ1) is 10.6. The molecule has 0 saturated heterocycles. The molecule has 4 saturated carbocycles. The Balaban J connectivity index is 1.64. The molecule has 4 fully saturated rings. The number of nitro groups is 1. The quantitative estimate of drug-likeness (QED) is 0.628. The van der Waals surface area contributed by atoms with Gasteiger partial charge in [-0.05, 0) is 62.3 Å². The lowest BCUT2D eigenvalue weighted by Gasteiger charge is -2.56. The Labute approximate surface area is 129 Å². The van der Waals surface area contributed by atoms with E-state index in [2.05, 4.69) is 0 Å². The Kier molecular flexibility index (Phi) is 2.90. The van der Waals surface area contributed by atoms with Gasteiger partial charge in [0.15, 0.2) is 0 Å². The molecule has 0 unspecified atom stereocenters. The van der Waals surface area contributed by atoms with Crippen LogP contribution in [0.25, 0.3) is 0 Å². The first kappa shape index (κ1) is 13.6. The van der Waals surface area contributed by atoms with Crippen molar-refractivity contribution in [2.45, 2.75) is 44.1 Å². The topological polar surface area (TPSA) is 76.2 Å². The summed E-state index contributed by atoms with van der Waals surface area (Å²) in [6.07, 6.45) is 7.19. The van der Waals surface area contributed by atoms with Crippen LogP contribution in [0.5, 0.6) is 5.75 Å². The van der Waals surface area contributed by atoms with Crippen molar-refractivity contribution in [1.82, 2.24) is 0 Å². The molecule has 22 heavy (non-hydrogen) atoms. The molecule has 0 radical (unpaired) electrons. The molecule has 5 heteroatoms. The molecule has 5 rings (SSSR count). The maximum Gasteiger partial charge on any atom is 0.271 e. The van der Waals surface area contributed by atoms with Gasteiger partial charge in [0.05, 0.1) is 4.92 Å². The number of nitrogens with zero attached hydrogens (tertiary/aromatic N) is 2. The fourth-order valence-corrected chi connectivity index (χ4v) is 5.20. The third kappa shape index (κ3) is 2.14. The number of hydrogen-bond donors (Lipinski definition) is 0. The third-order valence-corrected chi connectivity index (χ3v) is 5.60. The van der Waals surface area contributed by atoms with Crippen molar-refractivity contribution in [2.75, 3.05) is 0 Å². The highest BCUT2D eigenvalue weighted by Crippen LogP contribution is 2.57. The second kappa shape index (κ2) is 4.70. The second-order valence-corrected chi connectivity index (χ2v) is 7.25. The van der Waals surface area contributed by atoms with Crippen LogP contribution in [0, 0.1) is 39.2 Å². The normalized spacial score (nSPS) is 35.1. The smallest absolute Gasteiger partial charge is 0.271 e. The van der Waals surface area contributed by atoms with Crippen LogP contribution in [0.1, 0.15) is 44.1 Å². The number of benzene rings is 1. The zero-order valence-corrected chi connectivity index (χ0v) is 12.3. The highest BCUT2D eigenvalue weighted by Gasteiger charge is 2.52. The van der Waals surface area contributed by atoms with Crippen molar-refractivity contribution in [3.05, 3.63) is 33.9 Å². The largest absolute Gasteiger partial charge is 0.486 e. The van der Waals surface area contributed by atoms with E-state index in [9.17, 15) is 15.4 Å². The van der Waals surface area contributed by atoms with Crippen LogP contribution in [0.3, 0.4) is 0 Å². The van der Waals surface area contributed by atoms with Crippen molar-refractivity contribution in [3.8, 4) is 11.8 Å². The highest BCUT2D eigenvalue weighted by atomic mass is 16.6. The number of nitro benzene ring substituents is 1. The molecule has 0 aliphatic heterocycles. The molecule has 0 atom stereocenters. The molecule has 0 N–H and O–H groups in total. The molecular weight excluding hydrogens is 280 g/mol. The van der Waals surface area contributed by atoms with E-state index >= 15 is 0 Å². The summed E-state index contributed by atoms with van der Waals surface area (Å²) >= 11 is 0. The fraction of sp³-hybridized carbons (Fsp3) is 0.588. The van der Waals surface area contributed by atoms with Crippen LogP contribution < -0.4 is 4.74 Å². The van der Waals surface area contributed by atoms with Gasteiger partial charge in [0.1, 0.15) is 23.0 Å². The van der Waals surface area contributed by atoms with Gasteiger partial charge < -0.3 is 4.74 Å². The van der Waals surface area contributed by atoms with Gasteiger partial charge >= 0.3 is 0 Å². The average Bonchev–Trinajstić information content (AvgIpc) is 2.45.